The van der Waals surface area contributed by atoms with Crippen LogP contribution in [0.5, 0.6) is 0 Å². The molecular formula is C26H27N5O4. The van der Waals surface area contributed by atoms with E-state index < -0.39 is 5.91 Å². The summed E-state index contributed by atoms with van der Waals surface area (Å²) in [5.41, 5.74) is 9.14. The maximum atomic E-state index is 13.3. The van der Waals surface area contributed by atoms with E-state index in [1.54, 1.807) is 30.5 Å². The average molecular weight is 474 g/mol. The van der Waals surface area contributed by atoms with Crippen molar-refractivity contribution in [3.8, 4) is 6.07 Å². The Kier molecular flexibility index (Phi) is 5.84. The van der Waals surface area contributed by atoms with Gasteiger partial charge in [-0.05, 0) is 67.3 Å². The fraction of sp³-hybridized carbons (Fsp3) is 0.308. The highest BCUT2D eigenvalue weighted by Gasteiger charge is 2.25. The molecule has 1 aliphatic rings. The van der Waals surface area contributed by atoms with Crippen molar-refractivity contribution in [2.75, 3.05) is 37.6 Å². The molecule has 4 aromatic rings. The summed E-state index contributed by atoms with van der Waals surface area (Å²) in [7, 11) is 0. The number of fused-ring (bicyclic) bond motifs is 2. The Morgan fingerprint density at radius 1 is 1.17 bits per heavy atom. The third-order valence-electron chi connectivity index (χ3n) is 6.92. The molecule has 3 heterocycles. The zero-order valence-electron chi connectivity index (χ0n) is 19.3. The normalized spacial score (nSPS) is 15.5. The summed E-state index contributed by atoms with van der Waals surface area (Å²) in [4.78, 5) is 13.5. The van der Waals surface area contributed by atoms with Crippen LogP contribution in [0, 0.1) is 16.5 Å². The first-order valence-electron chi connectivity index (χ1n) is 11.7. The highest BCUT2D eigenvalue weighted by molar-refractivity contribution is 5.95. The van der Waals surface area contributed by atoms with Crippen LogP contribution in [0.3, 0.4) is 0 Å². The molecule has 0 unspecified atom stereocenters. The fourth-order valence-corrected chi connectivity index (χ4v) is 4.92. The zero-order chi connectivity index (χ0) is 24.6. The Labute approximate surface area is 202 Å². The molecular weight excluding hydrogens is 446 g/mol. The molecule has 3 N–H and O–H groups in total. The van der Waals surface area contributed by atoms with Gasteiger partial charge in [0.1, 0.15) is 5.58 Å². The van der Waals surface area contributed by atoms with E-state index in [4.69, 9.17) is 15.4 Å². The number of rotatable bonds is 7. The number of unbranched alkanes of at least 4 members (excludes halogenated alkanes) is 1. The van der Waals surface area contributed by atoms with Crippen LogP contribution in [-0.2, 0) is 6.42 Å². The Bertz CT molecular complexity index is 1440. The second-order valence-corrected chi connectivity index (χ2v) is 9.21. The van der Waals surface area contributed by atoms with Crippen LogP contribution in [-0.4, -0.2) is 53.2 Å². The Hall–Kier alpha value is -4.00. The van der Waals surface area contributed by atoms with Crippen molar-refractivity contribution in [1.29, 1.82) is 5.26 Å². The van der Waals surface area contributed by atoms with Gasteiger partial charge in [0.25, 0.3) is 5.91 Å². The van der Waals surface area contributed by atoms with Crippen LogP contribution in [0.4, 0.5) is 5.69 Å². The smallest absolute Gasteiger partial charge is 0.284 e. The summed E-state index contributed by atoms with van der Waals surface area (Å²) in [6.07, 6.45) is 4.05. The molecule has 1 fully saturated rings. The lowest BCUT2D eigenvalue weighted by molar-refractivity contribution is -0.881. The third-order valence-corrected chi connectivity index (χ3v) is 6.92. The lowest BCUT2D eigenvalue weighted by atomic mass is 10.0. The predicted molar refractivity (Wildman–Crippen MR) is 132 cm³/mol. The van der Waals surface area contributed by atoms with Crippen molar-refractivity contribution < 1.29 is 19.1 Å². The average Bonchev–Trinajstić information content (AvgIpc) is 3.43. The molecule has 1 amide bonds. The van der Waals surface area contributed by atoms with Gasteiger partial charge >= 0.3 is 0 Å². The number of amides is 1. The van der Waals surface area contributed by atoms with E-state index in [0.29, 0.717) is 49.4 Å². The molecule has 1 saturated heterocycles. The van der Waals surface area contributed by atoms with Gasteiger partial charge in [-0.1, -0.05) is 0 Å². The van der Waals surface area contributed by atoms with E-state index in [1.165, 1.54) is 0 Å². The third kappa shape index (κ3) is 4.54. The molecule has 180 valence electrons. The van der Waals surface area contributed by atoms with E-state index in [9.17, 15) is 15.2 Å². The number of benzene rings is 2. The molecule has 9 nitrogen and oxygen atoms in total. The monoisotopic (exact) mass is 473 g/mol. The maximum absolute atomic E-state index is 13.3. The quantitative estimate of drug-likeness (QED) is 0.182. The van der Waals surface area contributed by atoms with Crippen molar-refractivity contribution in [2.24, 2.45) is 5.73 Å². The largest absolute Gasteiger partial charge is 0.633 e. The summed E-state index contributed by atoms with van der Waals surface area (Å²) in [6, 6.07) is 14.8. The van der Waals surface area contributed by atoms with E-state index >= 15 is 0 Å². The number of hydrogen-bond donors (Lipinski definition) is 2. The second-order valence-electron chi connectivity index (χ2n) is 9.21. The number of hydroxylamine groups is 3. The first-order chi connectivity index (χ1) is 16.8. The number of anilines is 1. The van der Waals surface area contributed by atoms with Crippen molar-refractivity contribution >= 4 is 33.5 Å². The van der Waals surface area contributed by atoms with Gasteiger partial charge in [-0.3, -0.25) is 4.79 Å². The number of nitriles is 1. The van der Waals surface area contributed by atoms with Crippen LogP contribution >= 0.6 is 0 Å². The van der Waals surface area contributed by atoms with Gasteiger partial charge in [-0.15, -0.1) is 0 Å². The van der Waals surface area contributed by atoms with Gasteiger partial charge in [0, 0.05) is 22.7 Å². The highest BCUT2D eigenvalue weighted by Crippen LogP contribution is 2.28. The number of aromatic nitrogens is 1. The van der Waals surface area contributed by atoms with E-state index in [1.807, 2.05) is 18.2 Å². The Morgan fingerprint density at radius 3 is 2.71 bits per heavy atom. The molecule has 2 aromatic heterocycles. The topological polar surface area (TPSA) is 131 Å². The Balaban J connectivity index is 1.15. The number of carbonyl (C=O) groups is 1. The van der Waals surface area contributed by atoms with Crippen LogP contribution in [0.15, 0.2) is 53.1 Å². The first kappa shape index (κ1) is 22.8. The summed E-state index contributed by atoms with van der Waals surface area (Å²) in [5.74, 6) is -0.455. The summed E-state index contributed by atoms with van der Waals surface area (Å²) < 4.78 is 6.34. The zero-order valence-corrected chi connectivity index (χ0v) is 19.3. The van der Waals surface area contributed by atoms with E-state index in [0.717, 1.165) is 46.0 Å². The molecule has 0 spiro atoms. The van der Waals surface area contributed by atoms with Gasteiger partial charge in [0.05, 0.1) is 49.9 Å². The molecule has 9 heteroatoms. The molecule has 35 heavy (non-hydrogen) atoms. The Morgan fingerprint density at radius 2 is 1.97 bits per heavy atom. The van der Waals surface area contributed by atoms with Crippen LogP contribution in [0.2, 0.25) is 0 Å². The number of carbonyl (C=O) groups excluding carboxylic acids is 1. The number of quaternary nitrogens is 1. The minimum absolute atomic E-state index is 0.139. The second kappa shape index (κ2) is 8.98. The predicted octanol–water partition coefficient (Wildman–Crippen LogP) is 3.75. The lowest BCUT2D eigenvalue weighted by Crippen LogP contribution is -2.56. The first-order valence-corrected chi connectivity index (χ1v) is 11.7. The van der Waals surface area contributed by atoms with Gasteiger partial charge < -0.3 is 30.1 Å². The molecule has 0 aliphatic carbocycles. The summed E-state index contributed by atoms with van der Waals surface area (Å²) in [6.45, 7) is 2.89. The number of hydrogen-bond acceptors (Lipinski definition) is 6. The summed E-state index contributed by atoms with van der Waals surface area (Å²) >= 11 is 0. The minimum Gasteiger partial charge on any atom is -0.633 e. The summed E-state index contributed by atoms with van der Waals surface area (Å²) in [5, 5.41) is 34.2. The van der Waals surface area contributed by atoms with Crippen molar-refractivity contribution in [2.45, 2.75) is 19.3 Å². The highest BCUT2D eigenvalue weighted by atomic mass is 16.5. The molecule has 0 bridgehead atoms. The SMILES string of the molecule is N#Cc1ccc2c(c1)c(CCCC[N+]1([O-])CCN(c3ccc4oc(C(N)=O)cc4c3)CC1)cn2O. The lowest BCUT2D eigenvalue weighted by Gasteiger charge is -2.49. The molecule has 5 rings (SSSR count). The molecule has 1 aliphatic heterocycles. The van der Waals surface area contributed by atoms with Gasteiger partial charge in [0.15, 0.2) is 5.76 Å². The number of nitrogens with zero attached hydrogens (tertiary/aromatic N) is 4. The van der Waals surface area contributed by atoms with Crippen LogP contribution in [0.1, 0.15) is 34.5 Å². The standard InChI is InChI=1S/C26H27N5O4/c27-16-18-4-6-23-22(13-18)19(17-30(23)33)3-1-2-10-31(34)11-8-29(9-12-31)21-5-7-24-20(14-21)15-25(35-24)26(28)32/h4-7,13-15,17,33H,1-3,8-12H2,(H2,28,32). The maximum Gasteiger partial charge on any atom is 0.284 e. The van der Waals surface area contributed by atoms with E-state index in [2.05, 4.69) is 11.0 Å². The van der Waals surface area contributed by atoms with Crippen molar-refractivity contribution in [1.82, 2.24) is 4.73 Å². The number of furan rings is 1. The molecule has 0 atom stereocenters. The number of primary amides is 1. The van der Waals surface area contributed by atoms with Crippen molar-refractivity contribution in [3.05, 3.63) is 70.8 Å². The van der Waals surface area contributed by atoms with Crippen LogP contribution < -0.4 is 10.6 Å². The molecule has 2 aromatic carbocycles. The molecule has 0 saturated carbocycles. The molecule has 0 radical (unpaired) electrons. The van der Waals surface area contributed by atoms with Gasteiger partial charge in [0.2, 0.25) is 0 Å². The number of nitrogens with two attached hydrogens (primary N) is 1. The van der Waals surface area contributed by atoms with E-state index in [-0.39, 0.29) is 10.4 Å². The van der Waals surface area contributed by atoms with Crippen molar-refractivity contribution in [3.63, 3.8) is 0 Å². The fourth-order valence-electron chi connectivity index (χ4n) is 4.92. The van der Waals surface area contributed by atoms with Crippen LogP contribution in [0.25, 0.3) is 21.9 Å². The van der Waals surface area contributed by atoms with Gasteiger partial charge in [-0.25, -0.2) is 0 Å². The number of aryl methyl sites for hydroxylation is 1. The number of piperazine rings is 1. The minimum atomic E-state index is -0.594. The van der Waals surface area contributed by atoms with Gasteiger partial charge in [-0.2, -0.15) is 9.99 Å².